The first-order chi connectivity index (χ1) is 31.0. The van der Waals surface area contributed by atoms with Gasteiger partial charge in [0.1, 0.15) is 0 Å². The summed E-state index contributed by atoms with van der Waals surface area (Å²) in [6.07, 6.45) is 20.8. The van der Waals surface area contributed by atoms with Crippen molar-refractivity contribution in [1.29, 1.82) is 0 Å². The summed E-state index contributed by atoms with van der Waals surface area (Å²) in [7, 11) is 0. The summed E-state index contributed by atoms with van der Waals surface area (Å²) in [6, 6.07) is 16.9. The summed E-state index contributed by atoms with van der Waals surface area (Å²) < 4.78 is 0. The normalized spacial score (nSPS) is 15.0. The van der Waals surface area contributed by atoms with Crippen molar-refractivity contribution in [1.82, 2.24) is 0 Å². The topological polar surface area (TPSA) is 0 Å². The van der Waals surface area contributed by atoms with Gasteiger partial charge in [-0.15, -0.1) is 76.6 Å². The van der Waals surface area contributed by atoms with Gasteiger partial charge in [0.2, 0.25) is 0 Å². The van der Waals surface area contributed by atoms with Crippen LogP contribution in [-0.2, 0) is 105 Å². The summed E-state index contributed by atoms with van der Waals surface area (Å²) in [4.78, 5) is 0. The molecule has 0 amide bonds. The van der Waals surface area contributed by atoms with Crippen LogP contribution in [-0.4, -0.2) is 0 Å². The average Bonchev–Trinajstić information content (AvgIpc) is 4.02. The van der Waals surface area contributed by atoms with Crippen LogP contribution in [0.15, 0.2) is 97.7 Å². The Kier molecular flexibility index (Phi) is 27.5. The summed E-state index contributed by atoms with van der Waals surface area (Å²) in [5.41, 5.74) is 36.0. The third-order valence-corrected chi connectivity index (χ3v) is 15.0. The predicted octanol–water partition coefficient (Wildman–Crippen LogP) is 18.8. The smallest absolute Gasteiger partial charge is 0 e. The third kappa shape index (κ3) is 16.1. The number of hydrogen-bond acceptors (Lipinski definition) is 0. The van der Waals surface area contributed by atoms with E-state index in [1.807, 2.05) is 20.8 Å². The molecule has 0 saturated carbocycles. The first-order valence-corrected chi connectivity index (χ1v) is 24.1. The monoisotopic (exact) mass is 1140 g/mol. The Morgan fingerprint density at radius 3 is 1.29 bits per heavy atom. The third-order valence-electron chi connectivity index (χ3n) is 15.0. The summed E-state index contributed by atoms with van der Waals surface area (Å²) in [6.45, 7) is 47.2. The van der Waals surface area contributed by atoms with Crippen LogP contribution in [0.2, 0.25) is 0 Å². The van der Waals surface area contributed by atoms with E-state index in [2.05, 4.69) is 204 Å². The predicted molar refractivity (Wildman–Crippen MR) is 290 cm³/mol. The fraction of sp³-hybridized carbons (Fsp3) is 0.394. The van der Waals surface area contributed by atoms with Gasteiger partial charge in [0, 0.05) is 98.1 Å². The second kappa shape index (κ2) is 29.1. The van der Waals surface area contributed by atoms with Crippen molar-refractivity contribution in [3.05, 3.63) is 206 Å². The molecular weight excluding hydrogens is 1060 g/mol. The molecule has 4 aromatic carbocycles. The molecule has 8 rings (SSSR count). The zero-order chi connectivity index (χ0) is 49.5. The van der Waals surface area contributed by atoms with Crippen LogP contribution in [0.4, 0.5) is 0 Å². The number of aryl methyl sites for hydroxylation is 9. The zero-order valence-corrected chi connectivity index (χ0v) is 55.5. The molecule has 0 saturated heterocycles. The quantitative estimate of drug-likeness (QED) is 0.179. The second-order valence-electron chi connectivity index (χ2n) is 19.4. The molecule has 0 spiro atoms. The van der Waals surface area contributed by atoms with Crippen LogP contribution in [0.1, 0.15) is 175 Å². The van der Waals surface area contributed by atoms with E-state index < -0.39 is 0 Å². The molecule has 3 heteroatoms. The molecule has 0 heterocycles. The van der Waals surface area contributed by atoms with Crippen LogP contribution in [0.5, 0.6) is 0 Å². The first-order valence-electron chi connectivity index (χ1n) is 24.1. The zero-order valence-electron chi connectivity index (χ0n) is 47.0. The molecule has 4 aliphatic rings. The molecule has 0 fully saturated rings. The Morgan fingerprint density at radius 1 is 0.449 bits per heavy atom. The molecule has 0 aromatic heterocycles. The Balaban J connectivity index is 0.000000432. The molecule has 4 aromatic rings. The maximum atomic E-state index is 3.54. The molecule has 0 nitrogen and oxygen atoms in total. The van der Waals surface area contributed by atoms with Gasteiger partial charge in [-0.2, -0.15) is 22.3 Å². The SMILES string of the molecule is C[C-]=C(C)C1=[C-]C(C)=C(C)C1.C[C-]=C(C)C1=[C-]C2=C(C1)C(C)=C(C)C2.C[C-]=C(C)c1[c-]c(C)c2c(c1C)CC(C)=C2C.Cc1cc(C)c(C)cc1C.Cc1ccc2c(C)c(C)ccc2c1C.[Y].[Y].[Y]. The molecule has 3 radical (unpaired) electrons. The molecule has 0 atom stereocenters. The van der Waals surface area contributed by atoms with Crippen LogP contribution >= 0.6 is 0 Å². The van der Waals surface area contributed by atoms with Gasteiger partial charge in [-0.1, -0.05) is 87.7 Å². The van der Waals surface area contributed by atoms with E-state index in [4.69, 9.17) is 0 Å². The number of hydrogen-bond donors (Lipinski definition) is 0. The van der Waals surface area contributed by atoms with Crippen molar-refractivity contribution in [3.63, 3.8) is 0 Å². The van der Waals surface area contributed by atoms with Gasteiger partial charge in [-0.05, 0) is 144 Å². The Bertz CT molecular complexity index is 2730. The van der Waals surface area contributed by atoms with Crippen LogP contribution in [0, 0.1) is 106 Å². The van der Waals surface area contributed by atoms with E-state index in [9.17, 15) is 0 Å². The number of benzene rings is 4. The molecule has 0 aliphatic heterocycles. The molecule has 69 heavy (non-hydrogen) atoms. The second-order valence-corrected chi connectivity index (χ2v) is 19.4. The van der Waals surface area contributed by atoms with E-state index in [0.717, 1.165) is 25.7 Å². The minimum atomic E-state index is 0. The van der Waals surface area contributed by atoms with Gasteiger partial charge < -0.3 is 46.1 Å². The van der Waals surface area contributed by atoms with Crippen molar-refractivity contribution < 1.29 is 98.1 Å². The molecule has 0 unspecified atom stereocenters. The molecular formula is C66H80Y3-6. The minimum Gasteiger partial charge on any atom is -0.343 e. The van der Waals surface area contributed by atoms with Gasteiger partial charge in [0.05, 0.1) is 0 Å². The van der Waals surface area contributed by atoms with Gasteiger partial charge in [-0.25, -0.2) is 11.6 Å². The van der Waals surface area contributed by atoms with Gasteiger partial charge in [0.25, 0.3) is 0 Å². The minimum absolute atomic E-state index is 0. The van der Waals surface area contributed by atoms with Crippen LogP contribution in [0.3, 0.4) is 0 Å². The van der Waals surface area contributed by atoms with Crippen LogP contribution < -0.4 is 0 Å². The van der Waals surface area contributed by atoms with Gasteiger partial charge in [-0.3, -0.25) is 17.7 Å². The number of fused-ring (bicyclic) bond motifs is 2. The summed E-state index contributed by atoms with van der Waals surface area (Å²) in [5, 5.41) is 2.79. The molecule has 0 bridgehead atoms. The van der Waals surface area contributed by atoms with E-state index in [0.29, 0.717) is 0 Å². The Labute approximate surface area is 498 Å². The molecule has 4 aliphatic carbocycles. The standard InChI is InChI=1S/C17H20.2C14H16.C11H14.C10H14.3Y/c1-7-10(2)15-9-12(4)17-13(5)11(3)8-16(17)14(15)6;1-9-5-7-14-12(4)10(2)6-8-13(14)11(9)3;1-5-9(2)12-7-13-6-10(3)11(4)14(13)8-12;1-5-8(2)11-6-9(3)10(4)7-11;1-7-5-9(3)10(4)6-8(7)2;;;/h8H2,1-6H3;5-8H,1-4H3;6,8H2,1-4H3;6H2,1-4H3;5-6H,1-4H3;;;/q-2;;2*-2;;;;. The summed E-state index contributed by atoms with van der Waals surface area (Å²) >= 11 is 0. The van der Waals surface area contributed by atoms with E-state index in [1.165, 1.54) is 156 Å². The number of allylic oxidation sites excluding steroid dienone is 18. The van der Waals surface area contributed by atoms with Gasteiger partial charge in [0.15, 0.2) is 0 Å². The van der Waals surface area contributed by atoms with Crippen molar-refractivity contribution >= 4 is 21.9 Å². The van der Waals surface area contributed by atoms with Crippen molar-refractivity contribution in [2.45, 2.75) is 178 Å². The number of rotatable bonds is 3. The molecule has 359 valence electrons. The van der Waals surface area contributed by atoms with E-state index in [1.54, 1.807) is 0 Å². The maximum Gasteiger partial charge on any atom is 0 e. The van der Waals surface area contributed by atoms with Crippen molar-refractivity contribution in [2.75, 3.05) is 0 Å². The molecule has 0 N–H and O–H groups in total. The van der Waals surface area contributed by atoms with E-state index in [-0.39, 0.29) is 98.1 Å². The first kappa shape index (κ1) is 65.1. The fourth-order valence-electron chi connectivity index (χ4n) is 9.06. The fourth-order valence-corrected chi connectivity index (χ4v) is 9.06. The van der Waals surface area contributed by atoms with Crippen LogP contribution in [0.25, 0.3) is 21.9 Å². The Morgan fingerprint density at radius 2 is 0.884 bits per heavy atom. The van der Waals surface area contributed by atoms with Crippen molar-refractivity contribution in [2.24, 2.45) is 0 Å². The maximum absolute atomic E-state index is 3.54. The largest absolute Gasteiger partial charge is 0.343 e. The Hall–Kier alpha value is -1.89. The van der Waals surface area contributed by atoms with E-state index >= 15 is 0 Å². The average molecular weight is 1140 g/mol. The van der Waals surface area contributed by atoms with Crippen molar-refractivity contribution in [3.8, 4) is 0 Å². The van der Waals surface area contributed by atoms with Gasteiger partial charge >= 0.3 is 0 Å². The summed E-state index contributed by atoms with van der Waals surface area (Å²) in [5.74, 6) is 0.